The first-order chi connectivity index (χ1) is 8.17. The van der Waals surface area contributed by atoms with Crippen LogP contribution in [0.1, 0.15) is 30.2 Å². The van der Waals surface area contributed by atoms with Crippen molar-refractivity contribution >= 4 is 15.9 Å². The first-order valence-electron chi connectivity index (χ1n) is 6.03. The van der Waals surface area contributed by atoms with Crippen LogP contribution in [0.4, 0.5) is 0 Å². The zero-order valence-electron chi connectivity index (χ0n) is 10.6. The van der Waals surface area contributed by atoms with E-state index in [0.29, 0.717) is 10.7 Å². The normalized spacial score (nSPS) is 18.6. The van der Waals surface area contributed by atoms with Crippen LogP contribution in [0.5, 0.6) is 11.5 Å². The van der Waals surface area contributed by atoms with Crippen molar-refractivity contribution in [3.63, 3.8) is 0 Å². The molecule has 0 N–H and O–H groups in total. The van der Waals surface area contributed by atoms with Gasteiger partial charge in [-0.05, 0) is 42.4 Å². The Kier molecular flexibility index (Phi) is 3.97. The van der Waals surface area contributed by atoms with E-state index in [0.717, 1.165) is 17.4 Å². The average molecular weight is 299 g/mol. The van der Waals surface area contributed by atoms with Gasteiger partial charge in [0, 0.05) is 4.83 Å². The minimum absolute atomic E-state index is 0.398. The summed E-state index contributed by atoms with van der Waals surface area (Å²) in [6.45, 7) is 2.31. The van der Waals surface area contributed by atoms with Gasteiger partial charge < -0.3 is 9.47 Å². The molecule has 94 valence electrons. The highest BCUT2D eigenvalue weighted by molar-refractivity contribution is 9.09. The smallest absolute Gasteiger partial charge is 0.161 e. The second-order valence-electron chi connectivity index (χ2n) is 4.71. The van der Waals surface area contributed by atoms with Crippen LogP contribution < -0.4 is 9.47 Å². The molecule has 2 unspecified atom stereocenters. The quantitative estimate of drug-likeness (QED) is 0.759. The van der Waals surface area contributed by atoms with Crippen LogP contribution >= 0.6 is 15.9 Å². The lowest BCUT2D eigenvalue weighted by Crippen LogP contribution is -2.06. The fourth-order valence-electron chi connectivity index (χ4n) is 2.19. The minimum atomic E-state index is 0.398. The van der Waals surface area contributed by atoms with Crippen molar-refractivity contribution in [1.29, 1.82) is 0 Å². The molecular weight excluding hydrogens is 280 g/mol. The molecule has 0 heterocycles. The van der Waals surface area contributed by atoms with Gasteiger partial charge >= 0.3 is 0 Å². The zero-order chi connectivity index (χ0) is 12.4. The summed E-state index contributed by atoms with van der Waals surface area (Å²) in [5.41, 5.74) is 1.27. The number of ether oxygens (including phenoxy) is 2. The molecule has 17 heavy (non-hydrogen) atoms. The molecule has 0 spiro atoms. The number of hydrogen-bond acceptors (Lipinski definition) is 2. The third-order valence-corrected chi connectivity index (χ3v) is 4.92. The van der Waals surface area contributed by atoms with Gasteiger partial charge in [-0.3, -0.25) is 0 Å². The van der Waals surface area contributed by atoms with Crippen LogP contribution in [0.15, 0.2) is 18.2 Å². The summed E-state index contributed by atoms with van der Waals surface area (Å²) in [6.07, 6.45) is 2.74. The van der Waals surface area contributed by atoms with E-state index in [1.807, 2.05) is 6.07 Å². The third-order valence-electron chi connectivity index (χ3n) is 3.55. The summed E-state index contributed by atoms with van der Waals surface area (Å²) >= 11 is 3.81. The third kappa shape index (κ3) is 2.76. The lowest BCUT2D eigenvalue weighted by molar-refractivity contribution is 0.354. The van der Waals surface area contributed by atoms with Crippen molar-refractivity contribution in [1.82, 2.24) is 0 Å². The molecule has 0 aliphatic heterocycles. The molecule has 0 saturated heterocycles. The van der Waals surface area contributed by atoms with Gasteiger partial charge in [0.15, 0.2) is 11.5 Å². The molecule has 1 aliphatic rings. The Morgan fingerprint density at radius 1 is 1.18 bits per heavy atom. The summed E-state index contributed by atoms with van der Waals surface area (Å²) in [6, 6.07) is 6.15. The van der Waals surface area contributed by atoms with Gasteiger partial charge in [-0.25, -0.2) is 0 Å². The Labute approximate surface area is 111 Å². The summed E-state index contributed by atoms with van der Waals surface area (Å²) < 4.78 is 10.6. The van der Waals surface area contributed by atoms with Crippen molar-refractivity contribution in [2.24, 2.45) is 11.8 Å². The average Bonchev–Trinajstić information content (AvgIpc) is 3.20. The van der Waals surface area contributed by atoms with E-state index < -0.39 is 0 Å². The minimum Gasteiger partial charge on any atom is -0.493 e. The van der Waals surface area contributed by atoms with E-state index in [2.05, 4.69) is 35.0 Å². The molecule has 1 aromatic carbocycles. The van der Waals surface area contributed by atoms with Gasteiger partial charge in [0.05, 0.1) is 14.2 Å². The van der Waals surface area contributed by atoms with E-state index in [1.54, 1.807) is 14.2 Å². The number of alkyl halides is 1. The van der Waals surface area contributed by atoms with Crippen LogP contribution in [0.2, 0.25) is 0 Å². The second-order valence-corrected chi connectivity index (χ2v) is 5.70. The van der Waals surface area contributed by atoms with Crippen LogP contribution in [0, 0.1) is 11.8 Å². The molecule has 0 amide bonds. The monoisotopic (exact) mass is 298 g/mol. The SMILES string of the molecule is COc1ccc(C(Br)C(C)C2CC2)cc1OC. The number of methoxy groups -OCH3 is 2. The van der Waals surface area contributed by atoms with E-state index in [-0.39, 0.29) is 0 Å². The first kappa shape index (κ1) is 12.7. The van der Waals surface area contributed by atoms with Crippen LogP contribution in [0.3, 0.4) is 0 Å². The summed E-state index contributed by atoms with van der Waals surface area (Å²) in [7, 11) is 3.34. The van der Waals surface area contributed by atoms with Gasteiger partial charge in [-0.15, -0.1) is 0 Å². The fourth-order valence-corrected chi connectivity index (χ4v) is 2.91. The molecule has 0 bridgehead atoms. The molecule has 3 heteroatoms. The predicted octanol–water partition coefficient (Wildman–Crippen LogP) is 4.19. The zero-order valence-corrected chi connectivity index (χ0v) is 12.2. The molecule has 1 saturated carbocycles. The molecule has 1 aromatic rings. The number of halogens is 1. The Hall–Kier alpha value is -0.700. The van der Waals surface area contributed by atoms with Crippen molar-refractivity contribution < 1.29 is 9.47 Å². The summed E-state index contributed by atoms with van der Waals surface area (Å²) in [5.74, 6) is 3.15. The first-order valence-corrected chi connectivity index (χ1v) is 6.95. The van der Waals surface area contributed by atoms with Gasteiger partial charge in [0.2, 0.25) is 0 Å². The predicted molar refractivity (Wildman–Crippen MR) is 73.1 cm³/mol. The van der Waals surface area contributed by atoms with Crippen LogP contribution in [0.25, 0.3) is 0 Å². The molecule has 2 atom stereocenters. The maximum atomic E-state index is 5.34. The highest BCUT2D eigenvalue weighted by atomic mass is 79.9. The molecule has 2 nitrogen and oxygen atoms in total. The van der Waals surface area contributed by atoms with Crippen molar-refractivity contribution in [3.05, 3.63) is 23.8 Å². The Bertz CT molecular complexity index is 388. The van der Waals surface area contributed by atoms with Crippen LogP contribution in [-0.4, -0.2) is 14.2 Å². The molecule has 1 aliphatic carbocycles. The van der Waals surface area contributed by atoms with Crippen molar-refractivity contribution in [2.75, 3.05) is 14.2 Å². The van der Waals surface area contributed by atoms with Gasteiger partial charge in [-0.1, -0.05) is 28.9 Å². The number of benzene rings is 1. The Balaban J connectivity index is 2.19. The molecular formula is C14H19BrO2. The summed E-state index contributed by atoms with van der Waals surface area (Å²) in [5, 5.41) is 0. The van der Waals surface area contributed by atoms with E-state index >= 15 is 0 Å². The van der Waals surface area contributed by atoms with Crippen molar-refractivity contribution in [3.8, 4) is 11.5 Å². The number of rotatable bonds is 5. The van der Waals surface area contributed by atoms with Gasteiger partial charge in [0.1, 0.15) is 0 Å². The topological polar surface area (TPSA) is 18.5 Å². The van der Waals surface area contributed by atoms with Gasteiger partial charge in [-0.2, -0.15) is 0 Å². The summed E-state index contributed by atoms with van der Waals surface area (Å²) in [4.78, 5) is 0.398. The fraction of sp³-hybridized carbons (Fsp3) is 0.571. The lowest BCUT2D eigenvalue weighted by Gasteiger charge is -2.19. The van der Waals surface area contributed by atoms with Gasteiger partial charge in [0.25, 0.3) is 0 Å². The van der Waals surface area contributed by atoms with Crippen LogP contribution in [-0.2, 0) is 0 Å². The highest BCUT2D eigenvalue weighted by Crippen LogP contribution is 2.47. The van der Waals surface area contributed by atoms with E-state index in [4.69, 9.17) is 9.47 Å². The number of hydrogen-bond donors (Lipinski definition) is 0. The lowest BCUT2D eigenvalue weighted by atomic mass is 9.96. The largest absolute Gasteiger partial charge is 0.493 e. The maximum Gasteiger partial charge on any atom is 0.161 e. The molecule has 2 rings (SSSR count). The second kappa shape index (κ2) is 5.30. The van der Waals surface area contributed by atoms with E-state index in [1.165, 1.54) is 18.4 Å². The Morgan fingerprint density at radius 2 is 1.82 bits per heavy atom. The molecule has 0 radical (unpaired) electrons. The highest BCUT2D eigenvalue weighted by Gasteiger charge is 2.33. The standard InChI is InChI=1S/C14H19BrO2/c1-9(10-4-5-10)14(15)11-6-7-12(16-2)13(8-11)17-3/h6-10,14H,4-5H2,1-3H3. The Morgan fingerprint density at radius 3 is 2.35 bits per heavy atom. The van der Waals surface area contributed by atoms with E-state index in [9.17, 15) is 0 Å². The molecule has 1 fully saturated rings. The maximum absolute atomic E-state index is 5.34. The molecule has 0 aromatic heterocycles. The van der Waals surface area contributed by atoms with Crippen molar-refractivity contribution in [2.45, 2.75) is 24.6 Å².